The Morgan fingerprint density at radius 3 is 2.34 bits per heavy atom. The van der Waals surface area contributed by atoms with Crippen LogP contribution in [0.25, 0.3) is 11.3 Å². The molecule has 35 heavy (non-hydrogen) atoms. The molecule has 2 N–H and O–H groups in total. The van der Waals surface area contributed by atoms with Gasteiger partial charge in [0, 0.05) is 48.1 Å². The smallest absolute Gasteiger partial charge is 0.293 e. The molecule has 0 spiro atoms. The van der Waals surface area contributed by atoms with Crippen LogP contribution in [0, 0.1) is 0 Å². The summed E-state index contributed by atoms with van der Waals surface area (Å²) in [4.78, 5) is 14.7. The minimum atomic E-state index is -3.17. The van der Waals surface area contributed by atoms with Crippen molar-refractivity contribution in [3.63, 3.8) is 0 Å². The lowest BCUT2D eigenvalue weighted by molar-refractivity contribution is 0.0951. The quantitative estimate of drug-likeness (QED) is 0.451. The van der Waals surface area contributed by atoms with Gasteiger partial charge in [-0.05, 0) is 66.8 Å². The first kappa shape index (κ1) is 25.5. The molecule has 0 unspecified atom stereocenters. The zero-order chi connectivity index (χ0) is 25.2. The number of nitrogens with one attached hydrogen (secondary N) is 2. The number of anilines is 2. The van der Waals surface area contributed by atoms with Crippen molar-refractivity contribution in [2.45, 2.75) is 0 Å². The van der Waals surface area contributed by atoms with E-state index in [0.29, 0.717) is 53.2 Å². The highest BCUT2D eigenvalue weighted by molar-refractivity contribution is 7.88. The highest BCUT2D eigenvalue weighted by Gasteiger charge is 2.23. The molecule has 0 radical (unpaired) electrons. The molecular formula is C23H22Cl2N4O4S2. The summed E-state index contributed by atoms with van der Waals surface area (Å²) in [6.07, 6.45) is 1.23. The van der Waals surface area contributed by atoms with E-state index in [9.17, 15) is 13.2 Å². The van der Waals surface area contributed by atoms with Crippen LogP contribution in [0.3, 0.4) is 0 Å². The molecule has 3 aromatic rings. The molecule has 1 amide bonds. The van der Waals surface area contributed by atoms with Crippen LogP contribution in [0.2, 0.25) is 10.0 Å². The van der Waals surface area contributed by atoms with Crippen LogP contribution in [-0.2, 0) is 10.0 Å². The Hall–Kier alpha value is -2.63. The van der Waals surface area contributed by atoms with Gasteiger partial charge in [-0.2, -0.15) is 4.31 Å². The lowest BCUT2D eigenvalue weighted by Crippen LogP contribution is -2.48. The summed E-state index contributed by atoms with van der Waals surface area (Å²) in [5, 5.41) is 6.62. The van der Waals surface area contributed by atoms with E-state index in [0.717, 1.165) is 5.69 Å². The van der Waals surface area contributed by atoms with Gasteiger partial charge in [-0.1, -0.05) is 23.2 Å². The number of nitrogens with zero attached hydrogens (tertiary/aromatic N) is 2. The first-order valence-electron chi connectivity index (χ1n) is 10.6. The summed E-state index contributed by atoms with van der Waals surface area (Å²) in [5.41, 5.74) is 2.25. The SMILES string of the molecule is CS(=O)(=O)N1CCN(c2ccc(NC(=S)NC(=O)c3ccc(-c4cc(Cl)ccc4Cl)o3)cc2)CC1. The van der Waals surface area contributed by atoms with Gasteiger partial charge in [-0.3, -0.25) is 10.1 Å². The fourth-order valence-electron chi connectivity index (χ4n) is 3.65. The predicted octanol–water partition coefficient (Wildman–Crippen LogP) is 4.46. The predicted molar refractivity (Wildman–Crippen MR) is 143 cm³/mol. The summed E-state index contributed by atoms with van der Waals surface area (Å²) in [5.74, 6) is -0.0227. The number of hydrogen-bond acceptors (Lipinski definition) is 6. The zero-order valence-corrected chi connectivity index (χ0v) is 21.8. The van der Waals surface area contributed by atoms with Crippen LogP contribution < -0.4 is 15.5 Å². The second kappa shape index (κ2) is 10.5. The first-order valence-corrected chi connectivity index (χ1v) is 13.6. The van der Waals surface area contributed by atoms with Gasteiger partial charge in [0.25, 0.3) is 5.91 Å². The third-order valence-electron chi connectivity index (χ3n) is 5.45. The number of thiocarbonyl (C=S) groups is 1. The number of halogens is 2. The molecule has 1 aromatic heterocycles. The summed E-state index contributed by atoms with van der Waals surface area (Å²) in [7, 11) is -3.17. The Balaban J connectivity index is 1.32. The van der Waals surface area contributed by atoms with E-state index in [1.165, 1.54) is 16.6 Å². The lowest BCUT2D eigenvalue weighted by Gasteiger charge is -2.34. The van der Waals surface area contributed by atoms with E-state index >= 15 is 0 Å². The standard InChI is InChI=1S/C23H22Cl2N4O4S2/c1-35(31,32)29-12-10-28(11-13-29)17-5-3-16(4-6-17)26-23(34)27-22(30)21-9-8-20(33-21)18-14-15(24)2-7-19(18)25/h2-9,14H,10-13H2,1H3,(H2,26,27,30,34). The fourth-order valence-corrected chi connectivity index (χ4v) is 5.07. The van der Waals surface area contributed by atoms with Gasteiger partial charge in [0.15, 0.2) is 10.9 Å². The van der Waals surface area contributed by atoms with Crippen molar-refractivity contribution >= 4 is 67.8 Å². The Kier molecular flexibility index (Phi) is 7.67. The fraction of sp³-hybridized carbons (Fsp3) is 0.217. The van der Waals surface area contributed by atoms with Crippen LogP contribution in [-0.4, -0.2) is 56.2 Å². The van der Waals surface area contributed by atoms with Crippen LogP contribution >= 0.6 is 35.4 Å². The van der Waals surface area contributed by atoms with Crippen LogP contribution in [0.5, 0.6) is 0 Å². The molecular weight excluding hydrogens is 531 g/mol. The Morgan fingerprint density at radius 2 is 1.69 bits per heavy atom. The topological polar surface area (TPSA) is 94.9 Å². The highest BCUT2D eigenvalue weighted by Crippen LogP contribution is 2.31. The first-order chi connectivity index (χ1) is 16.6. The minimum absolute atomic E-state index is 0.0729. The molecule has 0 bridgehead atoms. The molecule has 184 valence electrons. The minimum Gasteiger partial charge on any atom is -0.451 e. The second-order valence-corrected chi connectivity index (χ2v) is 11.1. The number of furan rings is 1. The van der Waals surface area contributed by atoms with Crippen molar-refractivity contribution in [2.24, 2.45) is 0 Å². The van der Waals surface area contributed by atoms with Crippen molar-refractivity contribution in [2.75, 3.05) is 42.7 Å². The third kappa shape index (κ3) is 6.33. The van der Waals surface area contributed by atoms with Gasteiger partial charge >= 0.3 is 0 Å². The molecule has 8 nitrogen and oxygen atoms in total. The molecule has 12 heteroatoms. The molecule has 1 saturated heterocycles. The Bertz CT molecular complexity index is 1350. The maximum Gasteiger partial charge on any atom is 0.293 e. The van der Waals surface area contributed by atoms with Crippen molar-refractivity contribution < 1.29 is 17.6 Å². The van der Waals surface area contributed by atoms with Gasteiger partial charge < -0.3 is 14.6 Å². The molecule has 1 aliphatic heterocycles. The van der Waals surface area contributed by atoms with Gasteiger partial charge in [-0.25, -0.2) is 8.42 Å². The summed E-state index contributed by atoms with van der Waals surface area (Å²) < 4.78 is 30.5. The number of carbonyl (C=O) groups is 1. The third-order valence-corrected chi connectivity index (χ3v) is 7.52. The molecule has 2 aromatic carbocycles. The molecule has 0 saturated carbocycles. The molecule has 4 rings (SSSR count). The van der Waals surface area contributed by atoms with E-state index in [2.05, 4.69) is 15.5 Å². The van der Waals surface area contributed by atoms with Crippen LogP contribution in [0.15, 0.2) is 59.0 Å². The molecule has 0 aliphatic carbocycles. The Morgan fingerprint density at radius 1 is 1.00 bits per heavy atom. The van der Waals surface area contributed by atoms with Crippen molar-refractivity contribution in [1.82, 2.24) is 9.62 Å². The highest BCUT2D eigenvalue weighted by atomic mass is 35.5. The maximum atomic E-state index is 12.6. The van der Waals surface area contributed by atoms with Gasteiger partial charge in [0.2, 0.25) is 10.0 Å². The molecule has 1 aliphatic rings. The number of carbonyl (C=O) groups excluding carboxylic acids is 1. The maximum absolute atomic E-state index is 12.6. The largest absolute Gasteiger partial charge is 0.451 e. The molecule has 2 heterocycles. The van der Waals surface area contributed by atoms with E-state index < -0.39 is 15.9 Å². The normalized spacial score (nSPS) is 14.5. The van der Waals surface area contributed by atoms with E-state index in [1.54, 1.807) is 24.3 Å². The summed E-state index contributed by atoms with van der Waals surface area (Å²) >= 11 is 17.5. The Labute approximate surface area is 218 Å². The number of amides is 1. The molecule has 1 fully saturated rings. The summed E-state index contributed by atoms with van der Waals surface area (Å²) in [6, 6.07) is 15.6. The van der Waals surface area contributed by atoms with E-state index in [4.69, 9.17) is 39.8 Å². The number of benzene rings is 2. The monoisotopic (exact) mass is 552 g/mol. The van der Waals surface area contributed by atoms with Gasteiger partial charge in [0.1, 0.15) is 5.76 Å². The van der Waals surface area contributed by atoms with Gasteiger partial charge in [0.05, 0.1) is 11.3 Å². The number of hydrogen-bond donors (Lipinski definition) is 2. The van der Waals surface area contributed by atoms with Gasteiger partial charge in [-0.15, -0.1) is 0 Å². The average molecular weight is 553 g/mol. The van der Waals surface area contributed by atoms with Crippen LogP contribution in [0.4, 0.5) is 11.4 Å². The van der Waals surface area contributed by atoms with E-state index in [-0.39, 0.29) is 10.9 Å². The van der Waals surface area contributed by atoms with E-state index in [1.807, 2.05) is 24.3 Å². The van der Waals surface area contributed by atoms with Crippen LogP contribution in [0.1, 0.15) is 10.6 Å². The second-order valence-electron chi connectivity index (χ2n) is 7.89. The molecule has 0 atom stereocenters. The number of rotatable bonds is 5. The summed E-state index contributed by atoms with van der Waals surface area (Å²) in [6.45, 7) is 2.12. The van der Waals surface area contributed by atoms with Crippen molar-refractivity contribution in [1.29, 1.82) is 0 Å². The van der Waals surface area contributed by atoms with Crippen molar-refractivity contribution in [3.05, 3.63) is 70.4 Å². The number of sulfonamides is 1. The van der Waals surface area contributed by atoms with Crippen molar-refractivity contribution in [3.8, 4) is 11.3 Å². The average Bonchev–Trinajstić information content (AvgIpc) is 3.31. The number of piperazine rings is 1. The zero-order valence-electron chi connectivity index (χ0n) is 18.6. The lowest BCUT2D eigenvalue weighted by atomic mass is 10.2.